The number of carboxylic acid groups (broad SMARTS) is 1. The molecule has 2 N–H and O–H groups in total. The fourth-order valence-corrected chi connectivity index (χ4v) is 4.22. The van der Waals surface area contributed by atoms with E-state index in [1.807, 2.05) is 0 Å². The molecule has 23 heavy (non-hydrogen) atoms. The second kappa shape index (κ2) is 7.09. The van der Waals surface area contributed by atoms with Crippen molar-refractivity contribution in [1.29, 1.82) is 0 Å². The molecule has 0 aliphatic heterocycles. The van der Waals surface area contributed by atoms with Crippen LogP contribution in [0.1, 0.15) is 25.2 Å². The van der Waals surface area contributed by atoms with Crippen LogP contribution in [-0.4, -0.2) is 58.6 Å². The van der Waals surface area contributed by atoms with E-state index >= 15 is 0 Å². The molecular formula is C13H22N4O5S. The molecule has 1 atom stereocenters. The first-order valence-electron chi connectivity index (χ1n) is 6.99. The number of hydrogen-bond acceptors (Lipinski definition) is 5. The molecule has 0 saturated carbocycles. The maximum atomic E-state index is 12.9. The monoisotopic (exact) mass is 346 g/mol. The van der Waals surface area contributed by atoms with Crippen LogP contribution in [0.4, 0.5) is 0 Å². The predicted octanol–water partition coefficient (Wildman–Crippen LogP) is -0.363. The lowest BCUT2D eigenvalue weighted by molar-refractivity contribution is -0.140. The zero-order valence-electron chi connectivity index (χ0n) is 13.8. The number of nitrogens with one attached hydrogen (secondary N) is 1. The van der Waals surface area contributed by atoms with Crippen molar-refractivity contribution in [1.82, 2.24) is 19.4 Å². The molecule has 0 bridgehead atoms. The summed E-state index contributed by atoms with van der Waals surface area (Å²) in [4.78, 5) is 22.2. The average Bonchev–Trinajstić information content (AvgIpc) is 2.67. The van der Waals surface area contributed by atoms with Gasteiger partial charge in [0.25, 0.3) is 0 Å². The Morgan fingerprint density at radius 1 is 1.39 bits per heavy atom. The van der Waals surface area contributed by atoms with Crippen LogP contribution >= 0.6 is 0 Å². The average molecular weight is 346 g/mol. The molecule has 0 aliphatic carbocycles. The Hall–Kier alpha value is -1.94. The molecule has 9 nitrogen and oxygen atoms in total. The van der Waals surface area contributed by atoms with Crippen molar-refractivity contribution in [2.24, 2.45) is 7.05 Å². The van der Waals surface area contributed by atoms with Crippen molar-refractivity contribution in [2.75, 3.05) is 13.1 Å². The van der Waals surface area contributed by atoms with E-state index in [2.05, 4.69) is 10.4 Å². The lowest BCUT2D eigenvalue weighted by Crippen LogP contribution is -2.46. The molecule has 1 aromatic rings. The first-order chi connectivity index (χ1) is 10.5. The quantitative estimate of drug-likeness (QED) is 0.695. The first-order valence-corrected chi connectivity index (χ1v) is 8.43. The summed E-state index contributed by atoms with van der Waals surface area (Å²) in [6, 6.07) is -1.27. The summed E-state index contributed by atoms with van der Waals surface area (Å²) in [5.41, 5.74) is 0.719. The molecule has 0 fully saturated rings. The number of aliphatic carboxylic acids is 1. The fourth-order valence-electron chi connectivity index (χ4n) is 2.23. The summed E-state index contributed by atoms with van der Waals surface area (Å²) in [7, 11) is -2.45. The Kier molecular flexibility index (Phi) is 5.89. The smallest absolute Gasteiger partial charge is 0.321 e. The Bertz CT molecular complexity index is 710. The SMILES string of the molecule is CC(=O)NCCN(C(C)C(=O)O)S(=O)(=O)c1c(C)nn(C)c1C. The minimum Gasteiger partial charge on any atom is -0.480 e. The summed E-state index contributed by atoms with van der Waals surface area (Å²) in [6.45, 7) is 5.61. The van der Waals surface area contributed by atoms with E-state index in [-0.39, 0.29) is 23.9 Å². The number of aromatic nitrogens is 2. The number of nitrogens with zero attached hydrogens (tertiary/aromatic N) is 3. The Balaban J connectivity index is 3.27. The van der Waals surface area contributed by atoms with E-state index in [1.54, 1.807) is 20.9 Å². The first kappa shape index (κ1) is 19.1. The Morgan fingerprint density at radius 3 is 2.35 bits per heavy atom. The van der Waals surface area contributed by atoms with E-state index < -0.39 is 22.0 Å². The van der Waals surface area contributed by atoms with Crippen LogP contribution in [0.25, 0.3) is 0 Å². The van der Waals surface area contributed by atoms with Gasteiger partial charge in [0, 0.05) is 27.1 Å². The normalized spacial score (nSPS) is 13.1. The van der Waals surface area contributed by atoms with Crippen LogP contribution in [0.5, 0.6) is 0 Å². The third kappa shape index (κ3) is 4.08. The third-order valence-electron chi connectivity index (χ3n) is 3.50. The number of hydrogen-bond donors (Lipinski definition) is 2. The van der Waals surface area contributed by atoms with Crippen molar-refractivity contribution in [3.8, 4) is 0 Å². The number of rotatable bonds is 7. The maximum Gasteiger partial charge on any atom is 0.321 e. The zero-order valence-corrected chi connectivity index (χ0v) is 14.6. The van der Waals surface area contributed by atoms with E-state index in [4.69, 9.17) is 0 Å². The zero-order chi connectivity index (χ0) is 17.9. The summed E-state index contributed by atoms with van der Waals surface area (Å²) < 4.78 is 28.1. The van der Waals surface area contributed by atoms with Gasteiger partial charge >= 0.3 is 5.97 Å². The van der Waals surface area contributed by atoms with Gasteiger partial charge in [-0.25, -0.2) is 8.42 Å². The molecule has 1 unspecified atom stereocenters. The number of carbonyl (C=O) groups excluding carboxylic acids is 1. The molecule has 0 radical (unpaired) electrons. The molecule has 1 aromatic heterocycles. The van der Waals surface area contributed by atoms with E-state index in [0.29, 0.717) is 11.4 Å². The molecule has 130 valence electrons. The highest BCUT2D eigenvalue weighted by atomic mass is 32.2. The number of carbonyl (C=O) groups is 2. The second-order valence-corrected chi connectivity index (χ2v) is 7.06. The summed E-state index contributed by atoms with van der Waals surface area (Å²) >= 11 is 0. The third-order valence-corrected chi connectivity index (χ3v) is 5.73. The van der Waals surface area contributed by atoms with Crippen LogP contribution in [-0.2, 0) is 26.7 Å². The van der Waals surface area contributed by atoms with Gasteiger partial charge in [0.15, 0.2) is 0 Å². The predicted molar refractivity (Wildman–Crippen MR) is 82.4 cm³/mol. The number of aryl methyl sites for hydroxylation is 2. The van der Waals surface area contributed by atoms with Gasteiger partial charge in [-0.2, -0.15) is 9.40 Å². The molecule has 1 heterocycles. The number of amides is 1. The van der Waals surface area contributed by atoms with Gasteiger partial charge in [-0.3, -0.25) is 14.3 Å². The fraction of sp³-hybridized carbons (Fsp3) is 0.615. The van der Waals surface area contributed by atoms with Gasteiger partial charge in [0.2, 0.25) is 15.9 Å². The topological polar surface area (TPSA) is 122 Å². The number of sulfonamides is 1. The Morgan fingerprint density at radius 2 is 1.96 bits per heavy atom. The summed E-state index contributed by atoms with van der Waals surface area (Å²) in [5, 5.41) is 15.7. The van der Waals surface area contributed by atoms with Gasteiger partial charge < -0.3 is 10.4 Å². The van der Waals surface area contributed by atoms with Gasteiger partial charge in [-0.15, -0.1) is 0 Å². The molecule has 0 aliphatic rings. The molecule has 0 spiro atoms. The van der Waals surface area contributed by atoms with Crippen molar-refractivity contribution in [3.05, 3.63) is 11.4 Å². The largest absolute Gasteiger partial charge is 0.480 e. The molecule has 0 aromatic carbocycles. The molecule has 1 rings (SSSR count). The number of carboxylic acids is 1. The highest BCUT2D eigenvalue weighted by Gasteiger charge is 2.36. The van der Waals surface area contributed by atoms with Gasteiger partial charge in [-0.1, -0.05) is 0 Å². The highest BCUT2D eigenvalue weighted by Crippen LogP contribution is 2.24. The van der Waals surface area contributed by atoms with Crippen LogP contribution in [0.3, 0.4) is 0 Å². The lowest BCUT2D eigenvalue weighted by atomic mass is 10.3. The van der Waals surface area contributed by atoms with Crippen molar-refractivity contribution in [2.45, 2.75) is 38.6 Å². The van der Waals surface area contributed by atoms with E-state index in [9.17, 15) is 23.1 Å². The van der Waals surface area contributed by atoms with Crippen molar-refractivity contribution < 1.29 is 23.1 Å². The van der Waals surface area contributed by atoms with Crippen LogP contribution in [0.2, 0.25) is 0 Å². The van der Waals surface area contributed by atoms with Crippen LogP contribution in [0.15, 0.2) is 4.90 Å². The minimum absolute atomic E-state index is 0.00377. The molecule has 0 saturated heterocycles. The van der Waals surface area contributed by atoms with Crippen molar-refractivity contribution in [3.63, 3.8) is 0 Å². The molecule has 1 amide bonds. The van der Waals surface area contributed by atoms with E-state index in [1.165, 1.54) is 18.5 Å². The van der Waals surface area contributed by atoms with E-state index in [0.717, 1.165) is 4.31 Å². The standard InChI is InChI=1S/C13H22N4O5S/c1-8-12(9(2)16(5)15-8)23(21,22)17(10(3)13(19)20)7-6-14-11(4)18/h10H,6-7H2,1-5H3,(H,14,18)(H,19,20). The summed E-state index contributed by atoms with van der Waals surface area (Å²) in [6.07, 6.45) is 0. The van der Waals surface area contributed by atoms with Gasteiger partial charge in [-0.05, 0) is 20.8 Å². The van der Waals surface area contributed by atoms with Crippen molar-refractivity contribution >= 4 is 21.9 Å². The molecular weight excluding hydrogens is 324 g/mol. The minimum atomic E-state index is -4.07. The summed E-state index contributed by atoms with van der Waals surface area (Å²) in [5.74, 6) is -1.59. The lowest BCUT2D eigenvalue weighted by Gasteiger charge is -2.26. The second-order valence-electron chi connectivity index (χ2n) is 5.24. The Labute approximate surface area is 135 Å². The van der Waals surface area contributed by atoms with Crippen LogP contribution in [0, 0.1) is 13.8 Å². The highest BCUT2D eigenvalue weighted by molar-refractivity contribution is 7.89. The maximum absolute atomic E-state index is 12.9. The van der Waals surface area contributed by atoms with Crippen LogP contribution < -0.4 is 5.32 Å². The van der Waals surface area contributed by atoms with Gasteiger partial charge in [0.05, 0.1) is 11.4 Å². The van der Waals surface area contributed by atoms with Gasteiger partial charge in [0.1, 0.15) is 10.9 Å². The molecule has 10 heteroatoms.